The number of ether oxygens (including phenoxy) is 2. The van der Waals surface area contributed by atoms with E-state index >= 15 is 0 Å². The van der Waals surface area contributed by atoms with Gasteiger partial charge in [0.1, 0.15) is 17.3 Å². The summed E-state index contributed by atoms with van der Waals surface area (Å²) in [6, 6.07) is 1.82. The Morgan fingerprint density at radius 1 is 1.04 bits per heavy atom. The molecule has 24 heavy (non-hydrogen) atoms. The Kier molecular flexibility index (Phi) is 5.50. The number of hydrogen-bond acceptors (Lipinski definition) is 5. The summed E-state index contributed by atoms with van der Waals surface area (Å²) >= 11 is 2.97. The highest BCUT2D eigenvalue weighted by Gasteiger charge is 2.29. The zero-order chi connectivity index (χ0) is 17.9. The molecule has 5 nitrogen and oxygen atoms in total. The fourth-order valence-electron chi connectivity index (χ4n) is 2.05. The third-order valence-corrected chi connectivity index (χ3v) is 3.75. The molecule has 0 unspecified atom stereocenters. The number of halogens is 3. The third-order valence-electron chi connectivity index (χ3n) is 3.14. The molecule has 1 aliphatic heterocycles. The van der Waals surface area contributed by atoms with Crippen molar-refractivity contribution in [2.45, 2.75) is 0 Å². The van der Waals surface area contributed by atoms with E-state index < -0.39 is 23.6 Å². The number of methoxy groups -OCH3 is 2. The first-order valence-electron chi connectivity index (χ1n) is 6.60. The number of carbonyl (C=O) groups excluding carboxylic acids is 2. The van der Waals surface area contributed by atoms with Crippen LogP contribution in [-0.4, -0.2) is 26.2 Å². The van der Waals surface area contributed by atoms with Gasteiger partial charge in [0, 0.05) is 12.3 Å². The van der Waals surface area contributed by atoms with E-state index in [4.69, 9.17) is 4.74 Å². The van der Waals surface area contributed by atoms with Crippen molar-refractivity contribution in [2.24, 2.45) is 0 Å². The molecule has 8 heteroatoms. The van der Waals surface area contributed by atoms with E-state index in [9.17, 15) is 18.4 Å². The molecule has 1 aromatic rings. The number of hydrogen-bond donors (Lipinski definition) is 0. The summed E-state index contributed by atoms with van der Waals surface area (Å²) in [5.74, 6) is -3.41. The van der Waals surface area contributed by atoms with Crippen molar-refractivity contribution in [2.75, 3.05) is 19.1 Å². The lowest BCUT2D eigenvalue weighted by molar-refractivity contribution is -0.139. The van der Waals surface area contributed by atoms with Gasteiger partial charge in [-0.2, -0.15) is 0 Å². The van der Waals surface area contributed by atoms with Gasteiger partial charge in [-0.25, -0.2) is 18.4 Å². The van der Waals surface area contributed by atoms with Crippen LogP contribution >= 0.6 is 15.9 Å². The Labute approximate surface area is 145 Å². The van der Waals surface area contributed by atoms with E-state index in [2.05, 4.69) is 20.7 Å². The molecule has 2 rings (SSSR count). The number of carbonyl (C=O) groups is 2. The molecule has 0 saturated heterocycles. The minimum Gasteiger partial charge on any atom is -0.465 e. The van der Waals surface area contributed by atoms with Gasteiger partial charge < -0.3 is 14.4 Å². The Bertz CT molecular complexity index is 787. The highest BCUT2D eigenvalue weighted by molar-refractivity contribution is 9.10. The van der Waals surface area contributed by atoms with E-state index in [0.717, 1.165) is 25.2 Å². The van der Waals surface area contributed by atoms with Gasteiger partial charge in [0.2, 0.25) is 0 Å². The van der Waals surface area contributed by atoms with Crippen molar-refractivity contribution in [1.82, 2.24) is 0 Å². The quantitative estimate of drug-likeness (QED) is 0.576. The maximum absolute atomic E-state index is 14.3. The van der Waals surface area contributed by atoms with Crippen LogP contribution in [0.3, 0.4) is 0 Å². The van der Waals surface area contributed by atoms with Crippen LogP contribution < -0.4 is 4.90 Å². The summed E-state index contributed by atoms with van der Waals surface area (Å²) in [5.41, 5.74) is -0.536. The Morgan fingerprint density at radius 3 is 2.33 bits per heavy atom. The van der Waals surface area contributed by atoms with Crippen LogP contribution in [0.1, 0.15) is 0 Å². The predicted molar refractivity (Wildman–Crippen MR) is 85.9 cm³/mol. The highest BCUT2D eigenvalue weighted by Crippen LogP contribution is 2.32. The predicted octanol–water partition coefficient (Wildman–Crippen LogP) is 3.22. The third kappa shape index (κ3) is 3.38. The molecule has 1 aromatic carbocycles. The number of allylic oxidation sites excluding steroid dienone is 2. The smallest absolute Gasteiger partial charge is 0.355 e. The molecule has 1 heterocycles. The lowest BCUT2D eigenvalue weighted by Gasteiger charge is -2.23. The second-order valence-corrected chi connectivity index (χ2v) is 5.39. The standard InChI is InChI=1S/C16H12BrF2NO4/c1-23-15(21)9-5-3-4-6-20(14(9)16(22)24-2)13-7-10(17)11(18)8-12(13)19/h3-8H,1-2H3. The normalized spacial score (nSPS) is 13.8. The number of anilines is 1. The molecule has 0 bridgehead atoms. The molecule has 1 aliphatic rings. The van der Waals surface area contributed by atoms with Crippen LogP contribution in [0, 0.1) is 11.6 Å². The van der Waals surface area contributed by atoms with Crippen molar-refractivity contribution in [3.05, 3.63) is 63.9 Å². The summed E-state index contributed by atoms with van der Waals surface area (Å²) < 4.78 is 37.1. The summed E-state index contributed by atoms with van der Waals surface area (Å²) in [5, 5.41) is 0. The molecule has 0 aliphatic carbocycles. The Hall–Kier alpha value is -2.48. The highest BCUT2D eigenvalue weighted by atomic mass is 79.9. The van der Waals surface area contributed by atoms with Crippen molar-refractivity contribution in [3.8, 4) is 0 Å². The molecule has 0 atom stereocenters. The molecule has 0 amide bonds. The fraction of sp³-hybridized carbons (Fsp3) is 0.125. The van der Waals surface area contributed by atoms with E-state index in [-0.39, 0.29) is 21.4 Å². The summed E-state index contributed by atoms with van der Waals surface area (Å²) in [6.07, 6.45) is 5.65. The topological polar surface area (TPSA) is 55.8 Å². The molecule has 0 spiro atoms. The average Bonchev–Trinajstić information content (AvgIpc) is 2.79. The van der Waals surface area contributed by atoms with Crippen LogP contribution in [0.2, 0.25) is 0 Å². The maximum atomic E-state index is 14.3. The Balaban J connectivity index is 2.72. The van der Waals surface area contributed by atoms with Gasteiger partial charge in [0.15, 0.2) is 0 Å². The largest absolute Gasteiger partial charge is 0.465 e. The number of benzene rings is 1. The van der Waals surface area contributed by atoms with E-state index in [1.54, 1.807) is 0 Å². The van der Waals surface area contributed by atoms with Gasteiger partial charge in [0.25, 0.3) is 0 Å². The molecule has 0 N–H and O–H groups in total. The first-order valence-corrected chi connectivity index (χ1v) is 7.39. The lowest BCUT2D eigenvalue weighted by atomic mass is 10.1. The van der Waals surface area contributed by atoms with Gasteiger partial charge in [-0.15, -0.1) is 0 Å². The minimum absolute atomic E-state index is 0.00617. The molecule has 0 radical (unpaired) electrons. The van der Waals surface area contributed by atoms with Crippen LogP contribution in [0.4, 0.5) is 14.5 Å². The molecule has 0 fully saturated rings. The van der Waals surface area contributed by atoms with Gasteiger partial charge in [-0.1, -0.05) is 6.08 Å². The Morgan fingerprint density at radius 2 is 1.71 bits per heavy atom. The second kappa shape index (κ2) is 7.39. The van der Waals surface area contributed by atoms with Crippen LogP contribution in [-0.2, 0) is 19.1 Å². The fourth-order valence-corrected chi connectivity index (χ4v) is 2.38. The average molecular weight is 400 g/mol. The zero-order valence-electron chi connectivity index (χ0n) is 12.7. The van der Waals surface area contributed by atoms with Gasteiger partial charge in [0.05, 0.1) is 30.0 Å². The monoisotopic (exact) mass is 399 g/mol. The summed E-state index contributed by atoms with van der Waals surface area (Å²) in [7, 11) is 2.27. The first-order chi connectivity index (χ1) is 11.4. The summed E-state index contributed by atoms with van der Waals surface area (Å²) in [4.78, 5) is 25.3. The van der Waals surface area contributed by atoms with Crippen LogP contribution in [0.25, 0.3) is 0 Å². The second-order valence-electron chi connectivity index (χ2n) is 4.53. The van der Waals surface area contributed by atoms with Gasteiger partial charge >= 0.3 is 11.9 Å². The van der Waals surface area contributed by atoms with E-state index in [1.807, 2.05) is 0 Å². The SMILES string of the molecule is COC(=O)C1=C(C(=O)OC)N(c2cc(Br)c(F)cc2F)C=CC=C1. The van der Waals surface area contributed by atoms with Crippen LogP contribution in [0.15, 0.2) is 52.3 Å². The zero-order valence-corrected chi connectivity index (χ0v) is 14.3. The number of nitrogens with zero attached hydrogens (tertiary/aromatic N) is 1. The van der Waals surface area contributed by atoms with E-state index in [1.165, 1.54) is 24.4 Å². The summed E-state index contributed by atoms with van der Waals surface area (Å²) in [6.45, 7) is 0. The molecular formula is C16H12BrF2NO4. The maximum Gasteiger partial charge on any atom is 0.355 e. The van der Waals surface area contributed by atoms with Crippen LogP contribution in [0.5, 0.6) is 0 Å². The van der Waals surface area contributed by atoms with Crippen molar-refractivity contribution in [3.63, 3.8) is 0 Å². The van der Waals surface area contributed by atoms with Crippen molar-refractivity contribution >= 4 is 33.6 Å². The van der Waals surface area contributed by atoms with Crippen molar-refractivity contribution < 1.29 is 27.8 Å². The number of esters is 2. The van der Waals surface area contributed by atoms with E-state index in [0.29, 0.717) is 6.07 Å². The molecule has 0 aromatic heterocycles. The molecule has 126 valence electrons. The molecule has 0 saturated carbocycles. The van der Waals surface area contributed by atoms with Crippen molar-refractivity contribution in [1.29, 1.82) is 0 Å². The van der Waals surface area contributed by atoms with Gasteiger partial charge in [-0.3, -0.25) is 0 Å². The number of rotatable bonds is 3. The minimum atomic E-state index is -0.923. The first kappa shape index (κ1) is 17.9. The van der Waals surface area contributed by atoms with Gasteiger partial charge in [-0.05, 0) is 34.1 Å². The molecular weight excluding hydrogens is 388 g/mol. The lowest BCUT2D eigenvalue weighted by Crippen LogP contribution is -2.27.